The number of carbonyl (C=O) groups excluding carboxylic acids is 1. The maximum Gasteiger partial charge on any atom is 0.346 e. The van der Waals surface area contributed by atoms with E-state index < -0.39 is 22.6 Å². The van der Waals surface area contributed by atoms with Crippen molar-refractivity contribution in [1.29, 1.82) is 0 Å². The Kier molecular flexibility index (Phi) is 6.40. The predicted molar refractivity (Wildman–Crippen MR) is 139 cm³/mol. The number of nitrogens with zero attached hydrogens (tertiary/aromatic N) is 4. The smallest absolute Gasteiger partial charge is 0.346 e. The summed E-state index contributed by atoms with van der Waals surface area (Å²) in [6.45, 7) is 1.40. The highest BCUT2D eigenvalue weighted by Crippen LogP contribution is 2.31. The molecule has 5 rings (SSSR count). The fraction of sp³-hybridized carbons (Fsp3) is 0.111. The molecule has 11 nitrogen and oxygen atoms in total. The molecule has 0 saturated carbocycles. The zero-order valence-electron chi connectivity index (χ0n) is 20.2. The van der Waals surface area contributed by atoms with Crippen molar-refractivity contribution in [3.8, 4) is 17.3 Å². The number of nitro benzene ring substituents is 1. The van der Waals surface area contributed by atoms with E-state index in [0.717, 1.165) is 10.1 Å². The first-order valence-electron chi connectivity index (χ1n) is 11.4. The molecule has 11 heteroatoms. The molecule has 38 heavy (non-hydrogen) atoms. The SMILES string of the molecule is COC(=O)[C@H](C)Oc1c(C=Nn2c(-c3cc4ccccc4o3)nc3ccccc3c2=O)cccc1[N+](=O)[O-]. The van der Waals surface area contributed by atoms with Gasteiger partial charge in [0.25, 0.3) is 5.56 Å². The molecule has 0 aliphatic heterocycles. The number of hydrogen-bond acceptors (Lipinski definition) is 9. The Balaban J connectivity index is 1.68. The van der Waals surface area contributed by atoms with Gasteiger partial charge in [-0.15, -0.1) is 0 Å². The second-order valence-corrected chi connectivity index (χ2v) is 8.20. The third-order valence-electron chi connectivity index (χ3n) is 5.76. The van der Waals surface area contributed by atoms with Gasteiger partial charge in [-0.05, 0) is 37.3 Å². The summed E-state index contributed by atoms with van der Waals surface area (Å²) in [6, 6.07) is 20.1. The molecule has 0 saturated heterocycles. The summed E-state index contributed by atoms with van der Waals surface area (Å²) in [5.41, 5.74) is 0.354. The van der Waals surface area contributed by atoms with Crippen molar-refractivity contribution in [3.05, 3.63) is 98.8 Å². The maximum atomic E-state index is 13.5. The lowest BCUT2D eigenvalue weighted by molar-refractivity contribution is -0.386. The number of rotatable bonds is 7. The third-order valence-corrected chi connectivity index (χ3v) is 5.76. The second-order valence-electron chi connectivity index (χ2n) is 8.20. The van der Waals surface area contributed by atoms with Crippen LogP contribution in [0, 0.1) is 10.1 Å². The summed E-state index contributed by atoms with van der Waals surface area (Å²) in [4.78, 5) is 41.1. The van der Waals surface area contributed by atoms with Crippen molar-refractivity contribution in [2.45, 2.75) is 13.0 Å². The van der Waals surface area contributed by atoms with Crippen molar-refractivity contribution in [2.24, 2.45) is 5.10 Å². The molecule has 2 aromatic heterocycles. The van der Waals surface area contributed by atoms with Gasteiger partial charge in [0.2, 0.25) is 11.6 Å². The van der Waals surface area contributed by atoms with Crippen molar-refractivity contribution in [3.63, 3.8) is 0 Å². The minimum atomic E-state index is -1.13. The van der Waals surface area contributed by atoms with Crippen molar-refractivity contribution >= 4 is 39.7 Å². The van der Waals surface area contributed by atoms with Gasteiger partial charge in [0.05, 0.1) is 29.2 Å². The van der Waals surface area contributed by atoms with Crippen LogP contribution < -0.4 is 10.3 Å². The number of hydrogen-bond donors (Lipinski definition) is 0. The first-order valence-corrected chi connectivity index (χ1v) is 11.4. The molecule has 0 unspecified atom stereocenters. The zero-order chi connectivity index (χ0) is 26.8. The van der Waals surface area contributed by atoms with Crippen molar-refractivity contribution < 1.29 is 23.6 Å². The van der Waals surface area contributed by atoms with E-state index in [1.807, 2.05) is 18.2 Å². The molecule has 0 aliphatic carbocycles. The Morgan fingerprint density at radius 1 is 1.13 bits per heavy atom. The van der Waals surface area contributed by atoms with E-state index in [2.05, 4.69) is 14.8 Å². The molecule has 0 N–H and O–H groups in total. The van der Waals surface area contributed by atoms with Gasteiger partial charge in [0.15, 0.2) is 11.9 Å². The molecule has 1 atom stereocenters. The number of ether oxygens (including phenoxy) is 2. The molecule has 0 fully saturated rings. The van der Waals surface area contributed by atoms with E-state index in [1.54, 1.807) is 36.4 Å². The van der Waals surface area contributed by atoms with E-state index in [-0.39, 0.29) is 22.8 Å². The van der Waals surface area contributed by atoms with E-state index in [4.69, 9.17) is 9.15 Å². The topological polar surface area (TPSA) is 139 Å². The number of nitro groups is 1. The molecule has 2 heterocycles. The van der Waals surface area contributed by atoms with E-state index in [1.165, 1.54) is 38.4 Å². The molecule has 3 aromatic carbocycles. The Labute approximate surface area is 214 Å². The summed E-state index contributed by atoms with van der Waals surface area (Å²) in [5, 5.41) is 17.2. The van der Waals surface area contributed by atoms with Crippen molar-refractivity contribution in [2.75, 3.05) is 7.11 Å². The first-order chi connectivity index (χ1) is 18.4. The van der Waals surface area contributed by atoms with Gasteiger partial charge in [0.1, 0.15) is 5.58 Å². The lowest BCUT2D eigenvalue weighted by Gasteiger charge is -2.14. The highest BCUT2D eigenvalue weighted by atomic mass is 16.6. The van der Waals surface area contributed by atoms with Crippen LogP contribution in [0.1, 0.15) is 12.5 Å². The minimum Gasteiger partial charge on any atom is -0.471 e. The molecule has 0 aliphatic rings. The third kappa shape index (κ3) is 4.48. The molecule has 5 aromatic rings. The van der Waals surface area contributed by atoms with Gasteiger partial charge in [-0.1, -0.05) is 36.4 Å². The number of para-hydroxylation sites is 3. The van der Waals surface area contributed by atoms with Crippen LogP contribution in [0.5, 0.6) is 5.75 Å². The number of aromatic nitrogens is 2. The van der Waals surface area contributed by atoms with Gasteiger partial charge in [-0.3, -0.25) is 14.9 Å². The fourth-order valence-corrected chi connectivity index (χ4v) is 3.91. The average Bonchev–Trinajstić information content (AvgIpc) is 3.36. The zero-order valence-corrected chi connectivity index (χ0v) is 20.2. The molecule has 0 amide bonds. The van der Waals surface area contributed by atoms with Crippen LogP contribution in [0.3, 0.4) is 0 Å². The van der Waals surface area contributed by atoms with Crippen LogP contribution in [-0.4, -0.2) is 40.0 Å². The van der Waals surface area contributed by atoms with Gasteiger partial charge < -0.3 is 13.9 Å². The lowest BCUT2D eigenvalue weighted by Crippen LogP contribution is -2.25. The standard InChI is InChI=1S/C27H20N4O7/c1-16(27(33)36-2)37-24-18(9-7-12-21(24)31(34)35)15-28-30-25(23-14-17-8-3-6-13-22(17)38-23)29-20-11-5-4-10-19(20)26(30)32/h3-16H,1-2H3/t16-/m0/s1. The maximum absolute atomic E-state index is 13.5. The number of carbonyl (C=O) groups is 1. The monoisotopic (exact) mass is 512 g/mol. The summed E-state index contributed by atoms with van der Waals surface area (Å²) in [7, 11) is 1.18. The highest BCUT2D eigenvalue weighted by molar-refractivity contribution is 5.87. The van der Waals surface area contributed by atoms with E-state index in [9.17, 15) is 19.7 Å². The molecule has 0 radical (unpaired) electrons. The number of fused-ring (bicyclic) bond motifs is 2. The normalized spacial score (nSPS) is 12.2. The first kappa shape index (κ1) is 24.4. The number of esters is 1. The van der Waals surface area contributed by atoms with Crippen LogP contribution in [0.25, 0.3) is 33.5 Å². The van der Waals surface area contributed by atoms with Gasteiger partial charge >= 0.3 is 11.7 Å². The van der Waals surface area contributed by atoms with E-state index >= 15 is 0 Å². The van der Waals surface area contributed by atoms with Crippen LogP contribution in [0.4, 0.5) is 5.69 Å². The Morgan fingerprint density at radius 2 is 1.89 bits per heavy atom. The summed E-state index contributed by atoms with van der Waals surface area (Å²) in [5.74, 6) is -0.475. The number of furan rings is 1. The number of methoxy groups -OCH3 is 1. The lowest BCUT2D eigenvalue weighted by atomic mass is 10.2. The summed E-state index contributed by atoms with van der Waals surface area (Å²) < 4.78 is 17.3. The van der Waals surface area contributed by atoms with Crippen LogP contribution in [-0.2, 0) is 9.53 Å². The molecule has 190 valence electrons. The van der Waals surface area contributed by atoms with Crippen LogP contribution >= 0.6 is 0 Å². The molecule has 0 spiro atoms. The Morgan fingerprint density at radius 3 is 2.66 bits per heavy atom. The van der Waals surface area contributed by atoms with Gasteiger partial charge in [-0.2, -0.15) is 9.78 Å². The van der Waals surface area contributed by atoms with Gasteiger partial charge in [0, 0.05) is 17.0 Å². The fourth-order valence-electron chi connectivity index (χ4n) is 3.91. The Hall–Kier alpha value is -5.32. The predicted octanol–water partition coefficient (Wildman–Crippen LogP) is 4.54. The summed E-state index contributed by atoms with van der Waals surface area (Å²) >= 11 is 0. The molecular weight excluding hydrogens is 492 g/mol. The van der Waals surface area contributed by atoms with Crippen LogP contribution in [0.15, 0.2) is 87.1 Å². The van der Waals surface area contributed by atoms with Crippen LogP contribution in [0.2, 0.25) is 0 Å². The minimum absolute atomic E-state index is 0.136. The highest BCUT2D eigenvalue weighted by Gasteiger charge is 2.24. The average molecular weight is 512 g/mol. The Bertz CT molecular complexity index is 1750. The number of benzene rings is 3. The largest absolute Gasteiger partial charge is 0.471 e. The molecular formula is C27H20N4O7. The summed E-state index contributed by atoms with van der Waals surface area (Å²) in [6.07, 6.45) is 0.0977. The van der Waals surface area contributed by atoms with Gasteiger partial charge in [-0.25, -0.2) is 9.78 Å². The van der Waals surface area contributed by atoms with Crippen molar-refractivity contribution in [1.82, 2.24) is 9.66 Å². The quantitative estimate of drug-likeness (QED) is 0.134. The van der Waals surface area contributed by atoms with E-state index in [0.29, 0.717) is 22.2 Å². The second kappa shape index (κ2) is 9.97. The molecule has 0 bridgehead atoms.